The second-order valence-electron chi connectivity index (χ2n) is 12.4. The van der Waals surface area contributed by atoms with Gasteiger partial charge in [0.25, 0.3) is 0 Å². The molecule has 1 aliphatic carbocycles. The van der Waals surface area contributed by atoms with Crippen molar-refractivity contribution in [2.45, 2.75) is 102 Å². The van der Waals surface area contributed by atoms with Gasteiger partial charge in [-0.2, -0.15) is 0 Å². The summed E-state index contributed by atoms with van der Waals surface area (Å²) in [6.07, 6.45) is 3.27. The number of sulfonamides is 1. The van der Waals surface area contributed by atoms with E-state index in [0.29, 0.717) is 16.1 Å². The maximum Gasteiger partial charge on any atom is 0.412 e. The van der Waals surface area contributed by atoms with Crippen molar-refractivity contribution in [3.63, 3.8) is 0 Å². The van der Waals surface area contributed by atoms with Crippen LogP contribution in [0.25, 0.3) is 10.4 Å². The molecule has 3 N–H and O–H groups in total. The average molecular weight is 643 g/mol. The van der Waals surface area contributed by atoms with E-state index in [-0.39, 0.29) is 23.0 Å². The molecule has 44 heavy (non-hydrogen) atoms. The topological polar surface area (TPSA) is 136 Å². The Kier molecular flexibility index (Phi) is 10.7. The van der Waals surface area contributed by atoms with Gasteiger partial charge in [0.15, 0.2) is 0 Å². The Balaban J connectivity index is 1.52. The minimum atomic E-state index is -3.98. The highest BCUT2D eigenvalue weighted by Gasteiger charge is 2.29. The van der Waals surface area contributed by atoms with Crippen molar-refractivity contribution < 1.29 is 27.5 Å². The van der Waals surface area contributed by atoms with Crippen molar-refractivity contribution in [3.05, 3.63) is 65.3 Å². The van der Waals surface area contributed by atoms with Gasteiger partial charge in [0.1, 0.15) is 6.10 Å². The second kappa shape index (κ2) is 14.1. The SMILES string of the molecule is CC(C)OC(=O)N[C@H]1CC[C@H](c2ncc(-c3ccc(NC(=O)O[C@H](C)c4ccccc4)cc3S(=O)(=O)NC(C)(C)C)s2)CC1. The predicted octanol–water partition coefficient (Wildman–Crippen LogP) is 7.36. The molecule has 0 radical (unpaired) electrons. The van der Waals surface area contributed by atoms with Gasteiger partial charge in [-0.05, 0) is 84.9 Å². The van der Waals surface area contributed by atoms with Crippen molar-refractivity contribution in [3.8, 4) is 10.4 Å². The molecule has 1 aromatic heterocycles. The maximum absolute atomic E-state index is 13.6. The van der Waals surface area contributed by atoms with Crippen LogP contribution in [0.15, 0.2) is 59.6 Å². The van der Waals surface area contributed by atoms with Crippen LogP contribution in [0.5, 0.6) is 0 Å². The van der Waals surface area contributed by atoms with Crippen LogP contribution in [0.3, 0.4) is 0 Å². The molecule has 1 atom stereocenters. The van der Waals surface area contributed by atoms with Gasteiger partial charge in [0, 0.05) is 34.9 Å². The zero-order valence-corrected chi connectivity index (χ0v) is 27.7. The van der Waals surface area contributed by atoms with Crippen molar-refractivity contribution >= 4 is 39.2 Å². The molecule has 10 nitrogen and oxygen atoms in total. The molecule has 2 amide bonds. The number of alkyl carbamates (subject to hydrolysis) is 1. The summed E-state index contributed by atoms with van der Waals surface area (Å²) in [7, 11) is -3.98. The number of thiazole rings is 1. The van der Waals surface area contributed by atoms with Gasteiger partial charge in [-0.3, -0.25) is 5.32 Å². The summed E-state index contributed by atoms with van der Waals surface area (Å²) in [4.78, 5) is 30.1. The van der Waals surface area contributed by atoms with Gasteiger partial charge in [-0.1, -0.05) is 36.4 Å². The average Bonchev–Trinajstić information content (AvgIpc) is 3.42. The van der Waals surface area contributed by atoms with E-state index in [1.165, 1.54) is 17.4 Å². The number of amides is 2. The highest BCUT2D eigenvalue weighted by molar-refractivity contribution is 7.89. The number of carbonyl (C=O) groups is 2. The van der Waals surface area contributed by atoms with Crippen LogP contribution in [0.4, 0.5) is 15.3 Å². The fourth-order valence-corrected chi connectivity index (χ4v) is 7.94. The largest absolute Gasteiger partial charge is 0.447 e. The highest BCUT2D eigenvalue weighted by atomic mass is 32.2. The zero-order valence-electron chi connectivity index (χ0n) is 26.0. The van der Waals surface area contributed by atoms with E-state index in [2.05, 4.69) is 20.3 Å². The third kappa shape index (κ3) is 9.26. The van der Waals surface area contributed by atoms with Crippen LogP contribution < -0.4 is 15.4 Å². The lowest BCUT2D eigenvalue weighted by Crippen LogP contribution is -2.40. The van der Waals surface area contributed by atoms with Gasteiger partial charge in [-0.15, -0.1) is 11.3 Å². The van der Waals surface area contributed by atoms with Crippen LogP contribution in [0, 0.1) is 0 Å². The Bertz CT molecular complexity index is 1540. The van der Waals surface area contributed by atoms with Gasteiger partial charge in [-0.25, -0.2) is 27.7 Å². The van der Waals surface area contributed by atoms with Crippen LogP contribution in [0.2, 0.25) is 0 Å². The van der Waals surface area contributed by atoms with Crippen LogP contribution in [0.1, 0.15) is 89.8 Å². The van der Waals surface area contributed by atoms with Crippen LogP contribution >= 0.6 is 11.3 Å². The summed E-state index contributed by atoms with van der Waals surface area (Å²) >= 11 is 1.46. The van der Waals surface area contributed by atoms with E-state index >= 15 is 0 Å². The summed E-state index contributed by atoms with van der Waals surface area (Å²) in [6, 6.07) is 14.2. The number of hydrogen-bond donors (Lipinski definition) is 3. The number of ether oxygens (including phenoxy) is 2. The number of anilines is 1. The minimum Gasteiger partial charge on any atom is -0.447 e. The first-order valence-corrected chi connectivity index (χ1v) is 17.1. The lowest BCUT2D eigenvalue weighted by Gasteiger charge is -2.28. The van der Waals surface area contributed by atoms with E-state index in [1.54, 1.807) is 46.0 Å². The molecule has 0 saturated heterocycles. The van der Waals surface area contributed by atoms with E-state index in [0.717, 1.165) is 36.3 Å². The number of benzene rings is 2. The van der Waals surface area contributed by atoms with Crippen molar-refractivity contribution in [1.82, 2.24) is 15.0 Å². The van der Waals surface area contributed by atoms with E-state index in [9.17, 15) is 18.0 Å². The molecular weight excluding hydrogens is 601 g/mol. The van der Waals surface area contributed by atoms with Crippen molar-refractivity contribution in [2.24, 2.45) is 0 Å². The third-order valence-electron chi connectivity index (χ3n) is 7.04. The number of nitrogens with zero attached hydrogens (tertiary/aromatic N) is 1. The number of nitrogens with one attached hydrogen (secondary N) is 3. The van der Waals surface area contributed by atoms with E-state index in [4.69, 9.17) is 9.47 Å². The smallest absolute Gasteiger partial charge is 0.412 e. The number of hydrogen-bond acceptors (Lipinski definition) is 8. The van der Waals surface area contributed by atoms with Gasteiger partial charge < -0.3 is 14.8 Å². The van der Waals surface area contributed by atoms with Gasteiger partial charge in [0.05, 0.1) is 20.9 Å². The molecule has 4 rings (SSSR count). The Morgan fingerprint density at radius 3 is 2.27 bits per heavy atom. The van der Waals surface area contributed by atoms with Crippen molar-refractivity contribution in [2.75, 3.05) is 5.32 Å². The molecule has 238 valence electrons. The lowest BCUT2D eigenvalue weighted by molar-refractivity contribution is 0.109. The summed E-state index contributed by atoms with van der Waals surface area (Å²) in [6.45, 7) is 10.7. The lowest BCUT2D eigenvalue weighted by atomic mass is 9.86. The molecule has 0 spiro atoms. The van der Waals surface area contributed by atoms with E-state index < -0.39 is 33.9 Å². The zero-order chi connectivity index (χ0) is 32.1. The molecule has 0 bridgehead atoms. The minimum absolute atomic E-state index is 0.0353. The summed E-state index contributed by atoms with van der Waals surface area (Å²) in [5.74, 6) is 0.211. The monoisotopic (exact) mass is 642 g/mol. The Morgan fingerprint density at radius 2 is 1.64 bits per heavy atom. The molecule has 0 unspecified atom stereocenters. The van der Waals surface area contributed by atoms with Gasteiger partial charge in [0.2, 0.25) is 10.0 Å². The summed E-state index contributed by atoms with van der Waals surface area (Å²) in [5.41, 5.74) is 0.903. The number of rotatable bonds is 9. The molecule has 12 heteroatoms. The molecular formula is C32H42N4O6S2. The predicted molar refractivity (Wildman–Crippen MR) is 172 cm³/mol. The first-order chi connectivity index (χ1) is 20.7. The van der Waals surface area contributed by atoms with Crippen molar-refractivity contribution in [1.29, 1.82) is 0 Å². The first-order valence-electron chi connectivity index (χ1n) is 14.8. The molecule has 2 aromatic carbocycles. The highest BCUT2D eigenvalue weighted by Crippen LogP contribution is 2.40. The first kappa shape index (κ1) is 33.4. The Labute approximate surface area is 264 Å². The van der Waals surface area contributed by atoms with Crippen LogP contribution in [-0.2, 0) is 19.5 Å². The fourth-order valence-electron chi connectivity index (χ4n) is 5.08. The maximum atomic E-state index is 13.6. The molecule has 1 heterocycles. The standard InChI is InChI=1S/C32H42N4O6S2/c1-20(2)41-30(37)34-24-14-12-23(13-15-24)29-33-19-27(43-29)26-17-16-25(18-28(26)44(39,40)36-32(4,5)6)35-31(38)42-21(3)22-10-8-7-9-11-22/h7-11,16-21,23-24,36H,12-15H2,1-6H3,(H,34,37)(H,35,38)/t21-,23-,24-/m1/s1. The second-order valence-corrected chi connectivity index (χ2v) is 15.1. The van der Waals surface area contributed by atoms with E-state index in [1.807, 2.05) is 44.2 Å². The molecule has 1 fully saturated rings. The summed E-state index contributed by atoms with van der Waals surface area (Å²) in [5, 5.41) is 6.55. The Hall–Kier alpha value is -3.48. The summed E-state index contributed by atoms with van der Waals surface area (Å²) < 4.78 is 40.7. The third-order valence-corrected chi connectivity index (χ3v) is 10.0. The molecule has 1 aliphatic rings. The molecule has 3 aromatic rings. The fraction of sp³-hybridized carbons (Fsp3) is 0.469. The molecule has 1 saturated carbocycles. The normalized spacial score (nSPS) is 18.0. The quantitative estimate of drug-likeness (QED) is 0.222. The molecule has 0 aliphatic heterocycles. The Morgan fingerprint density at radius 1 is 0.955 bits per heavy atom. The number of aromatic nitrogens is 1. The van der Waals surface area contributed by atoms with Crippen LogP contribution in [-0.4, -0.2) is 43.3 Å². The number of carbonyl (C=O) groups excluding carboxylic acids is 2. The van der Waals surface area contributed by atoms with Gasteiger partial charge >= 0.3 is 12.2 Å².